The van der Waals surface area contributed by atoms with Crippen molar-refractivity contribution in [2.24, 2.45) is 4.99 Å². The van der Waals surface area contributed by atoms with Crippen LogP contribution in [0.25, 0.3) is 0 Å². The zero-order valence-electron chi connectivity index (χ0n) is 13.7. The largest absolute Gasteiger partial charge is 0.247 e. The zero-order valence-corrected chi connectivity index (χ0v) is 15.2. The van der Waals surface area contributed by atoms with Crippen LogP contribution in [-0.4, -0.2) is 32.5 Å². The third-order valence-electron chi connectivity index (χ3n) is 3.90. The second-order valence-corrected chi connectivity index (χ2v) is 7.90. The van der Waals surface area contributed by atoms with E-state index in [0.29, 0.717) is 12.8 Å². The number of nitrogens with zero attached hydrogens (tertiary/aromatic N) is 1. The van der Waals surface area contributed by atoms with E-state index in [-0.39, 0.29) is 17.9 Å². The molecule has 0 radical (unpaired) electrons. The number of rotatable bonds is 4. The molecule has 4 nitrogen and oxygen atoms in total. The fourth-order valence-corrected chi connectivity index (χ4v) is 4.10. The van der Waals surface area contributed by atoms with Crippen molar-refractivity contribution in [3.05, 3.63) is 40.8 Å². The second kappa shape index (κ2) is 8.75. The molecule has 0 saturated heterocycles. The van der Waals surface area contributed by atoms with Crippen LogP contribution in [0.4, 0.5) is 8.78 Å². The van der Waals surface area contributed by atoms with Gasteiger partial charge in [0.15, 0.2) is 0 Å². The molecule has 1 N–H and O–H groups in total. The Bertz CT molecular complexity index is 816. The van der Waals surface area contributed by atoms with E-state index < -0.39 is 39.0 Å². The van der Waals surface area contributed by atoms with Crippen molar-refractivity contribution in [1.82, 2.24) is 4.72 Å². The summed E-state index contributed by atoms with van der Waals surface area (Å²) in [6.07, 6.45) is 1.58. The van der Waals surface area contributed by atoms with E-state index in [1.807, 2.05) is 6.92 Å². The Morgan fingerprint density at radius 1 is 1.44 bits per heavy atom. The number of allylic oxidation sites excluding steroid dienone is 1. The molecule has 0 saturated carbocycles. The van der Waals surface area contributed by atoms with Crippen LogP contribution in [0.5, 0.6) is 0 Å². The molecule has 0 fully saturated rings. The quantitative estimate of drug-likeness (QED) is 0.797. The summed E-state index contributed by atoms with van der Waals surface area (Å²) >= 11 is 5.66. The molecule has 1 aliphatic heterocycles. The fraction of sp³-hybridized carbons (Fsp3) is 0.471. The number of halogens is 3. The Labute approximate surface area is 151 Å². The van der Waals surface area contributed by atoms with E-state index >= 15 is 0 Å². The van der Waals surface area contributed by atoms with Crippen molar-refractivity contribution in [1.29, 1.82) is 0 Å². The lowest BCUT2D eigenvalue weighted by Gasteiger charge is -2.25. The third-order valence-corrected chi connectivity index (χ3v) is 5.66. The lowest BCUT2D eigenvalue weighted by atomic mass is 9.99. The number of sulfonamides is 1. The number of hydrogen-bond donors (Lipinski definition) is 1. The van der Waals surface area contributed by atoms with Crippen LogP contribution in [-0.2, 0) is 10.0 Å². The van der Waals surface area contributed by atoms with E-state index in [9.17, 15) is 17.2 Å². The van der Waals surface area contributed by atoms with Gasteiger partial charge in [-0.3, -0.25) is 0 Å². The molecule has 0 spiro atoms. The van der Waals surface area contributed by atoms with Gasteiger partial charge < -0.3 is 0 Å². The Hall–Kier alpha value is -1.49. The molecule has 3 unspecified atom stereocenters. The Morgan fingerprint density at radius 3 is 2.88 bits per heavy atom. The molecule has 1 aromatic carbocycles. The summed E-state index contributed by atoms with van der Waals surface area (Å²) in [6.45, 7) is 1.81. The van der Waals surface area contributed by atoms with Crippen molar-refractivity contribution in [2.75, 3.05) is 0 Å². The molecule has 3 atom stereocenters. The normalized spacial score (nSPS) is 24.4. The van der Waals surface area contributed by atoms with E-state index in [1.165, 1.54) is 6.07 Å². The highest BCUT2D eigenvalue weighted by atomic mass is 35.5. The van der Waals surface area contributed by atoms with Crippen molar-refractivity contribution in [3.63, 3.8) is 0 Å². The maximum absolute atomic E-state index is 14.2. The van der Waals surface area contributed by atoms with Gasteiger partial charge in [0.05, 0.1) is 6.04 Å². The molecule has 0 bridgehead atoms. The molecule has 0 aliphatic carbocycles. The summed E-state index contributed by atoms with van der Waals surface area (Å²) in [6, 6.07) is 1.95. The minimum Gasteiger partial charge on any atom is -0.247 e. The minimum atomic E-state index is -4.19. The first kappa shape index (κ1) is 19.8. The third kappa shape index (κ3) is 5.50. The summed E-state index contributed by atoms with van der Waals surface area (Å²) in [4.78, 5) is 3.60. The molecule has 1 heterocycles. The van der Waals surface area contributed by atoms with Gasteiger partial charge in [-0.25, -0.2) is 26.9 Å². The average Bonchev–Trinajstić information content (AvgIpc) is 2.53. The highest BCUT2D eigenvalue weighted by molar-refractivity contribution is 7.89. The summed E-state index contributed by atoms with van der Waals surface area (Å²) < 4.78 is 55.7. The highest BCUT2D eigenvalue weighted by Crippen LogP contribution is 2.22. The fourth-order valence-electron chi connectivity index (χ4n) is 2.60. The number of nitrogens with one attached hydrogen (secondary N) is 1. The Balaban J connectivity index is 2.35. The summed E-state index contributed by atoms with van der Waals surface area (Å²) in [5, 5.41) is 0.0897. The van der Waals surface area contributed by atoms with Gasteiger partial charge in [0, 0.05) is 16.9 Å². The van der Waals surface area contributed by atoms with Crippen LogP contribution < -0.4 is 4.72 Å². The predicted molar refractivity (Wildman–Crippen MR) is 93.9 cm³/mol. The summed E-state index contributed by atoms with van der Waals surface area (Å²) in [5.74, 6) is 1.65. The molecule has 8 heteroatoms. The van der Waals surface area contributed by atoms with E-state index in [1.54, 1.807) is 6.08 Å². The van der Waals surface area contributed by atoms with Crippen molar-refractivity contribution in [3.8, 4) is 0 Å². The molecule has 1 aromatic rings. The first-order valence-corrected chi connectivity index (χ1v) is 9.83. The standard InChI is InChI=1S/C17H19ClF2N2O2S/c1-2-15-16(11-13(19)6-4-3-5-9-21-15)22-25(23,24)17-8-7-12(18)10-14(17)20/h3,7-8,10,13,15-16,22H,2,4,6,11H2,1H3. The van der Waals surface area contributed by atoms with Crippen LogP contribution in [0.1, 0.15) is 32.6 Å². The molecule has 0 aromatic heterocycles. The van der Waals surface area contributed by atoms with E-state index in [4.69, 9.17) is 11.6 Å². The second-order valence-electron chi connectivity index (χ2n) is 5.78. The van der Waals surface area contributed by atoms with Crippen LogP contribution in [0.3, 0.4) is 0 Å². The van der Waals surface area contributed by atoms with E-state index in [0.717, 1.165) is 12.1 Å². The number of alkyl halides is 1. The number of hydrogen-bond acceptors (Lipinski definition) is 3. The van der Waals surface area contributed by atoms with Gasteiger partial charge in [0.25, 0.3) is 0 Å². The van der Waals surface area contributed by atoms with Gasteiger partial charge in [-0.1, -0.05) is 24.3 Å². The first-order valence-electron chi connectivity index (χ1n) is 7.97. The van der Waals surface area contributed by atoms with Gasteiger partial charge in [-0.2, -0.15) is 0 Å². The lowest BCUT2D eigenvalue weighted by molar-refractivity contribution is 0.260. The summed E-state index contributed by atoms with van der Waals surface area (Å²) in [5.41, 5.74) is 2.71. The minimum absolute atomic E-state index is 0.0496. The SMILES string of the molecule is CCC1N=C=C=CCCC(F)CC1NS(=O)(=O)c1ccc(Cl)cc1F. The van der Waals surface area contributed by atoms with E-state index in [2.05, 4.69) is 21.3 Å². The van der Waals surface area contributed by atoms with Crippen molar-refractivity contribution < 1.29 is 17.2 Å². The van der Waals surface area contributed by atoms with Gasteiger partial charge in [-0.05, 0) is 50.0 Å². The lowest BCUT2D eigenvalue weighted by Crippen LogP contribution is -2.44. The molecule has 136 valence electrons. The number of aliphatic imine (C=N–C) groups is 1. The van der Waals surface area contributed by atoms with Gasteiger partial charge in [-0.15, -0.1) is 0 Å². The smallest absolute Gasteiger partial charge is 0.243 e. The Morgan fingerprint density at radius 2 is 2.20 bits per heavy atom. The maximum Gasteiger partial charge on any atom is 0.243 e. The topological polar surface area (TPSA) is 58.5 Å². The average molecular weight is 389 g/mol. The monoisotopic (exact) mass is 388 g/mol. The first-order chi connectivity index (χ1) is 11.8. The highest BCUT2D eigenvalue weighted by Gasteiger charge is 2.30. The summed E-state index contributed by atoms with van der Waals surface area (Å²) in [7, 11) is -4.19. The van der Waals surface area contributed by atoms with Crippen LogP contribution in [0, 0.1) is 5.82 Å². The molecular weight excluding hydrogens is 370 g/mol. The Kier molecular flexibility index (Phi) is 6.94. The van der Waals surface area contributed by atoms with Gasteiger partial charge in [0.2, 0.25) is 10.0 Å². The zero-order chi connectivity index (χ0) is 18.4. The van der Waals surface area contributed by atoms with Crippen LogP contribution >= 0.6 is 11.6 Å². The van der Waals surface area contributed by atoms with Gasteiger partial charge >= 0.3 is 0 Å². The maximum atomic E-state index is 14.2. The van der Waals surface area contributed by atoms with Gasteiger partial charge in [0.1, 0.15) is 16.9 Å². The van der Waals surface area contributed by atoms with Crippen LogP contribution in [0.15, 0.2) is 39.9 Å². The predicted octanol–water partition coefficient (Wildman–Crippen LogP) is 3.81. The molecule has 1 aliphatic rings. The molecule has 25 heavy (non-hydrogen) atoms. The van der Waals surface area contributed by atoms with Crippen LogP contribution in [0.2, 0.25) is 5.02 Å². The molecular formula is C17H19ClF2N2O2S. The molecule has 0 amide bonds. The number of benzene rings is 1. The van der Waals surface area contributed by atoms with Crippen molar-refractivity contribution >= 4 is 27.5 Å². The van der Waals surface area contributed by atoms with Crippen molar-refractivity contribution in [2.45, 2.75) is 55.8 Å². The molecule has 2 rings (SSSR count).